The van der Waals surface area contributed by atoms with Gasteiger partial charge in [0.15, 0.2) is 0 Å². The Morgan fingerprint density at radius 3 is 2.64 bits per heavy atom. The number of carbonyl (C=O) groups excluding carboxylic acids is 2. The fourth-order valence-corrected chi connectivity index (χ4v) is 2.35. The first kappa shape index (κ1) is 18.3. The molecule has 25 heavy (non-hydrogen) atoms. The van der Waals surface area contributed by atoms with Gasteiger partial charge in [0.1, 0.15) is 22.8 Å². The van der Waals surface area contributed by atoms with Gasteiger partial charge in [0, 0.05) is 25.2 Å². The number of methoxy groups -OCH3 is 2. The van der Waals surface area contributed by atoms with Gasteiger partial charge in [0.2, 0.25) is 5.91 Å². The van der Waals surface area contributed by atoms with Crippen molar-refractivity contribution in [2.75, 3.05) is 21.3 Å². The van der Waals surface area contributed by atoms with E-state index in [9.17, 15) is 9.59 Å². The quantitative estimate of drug-likeness (QED) is 0.596. The molecule has 1 aromatic carbocycles. The maximum absolute atomic E-state index is 12.3. The Bertz CT molecular complexity index is 791. The molecule has 0 spiro atoms. The maximum Gasteiger partial charge on any atom is 0.341 e. The monoisotopic (exact) mass is 343 g/mol. The molecule has 0 N–H and O–H groups in total. The lowest BCUT2D eigenvalue weighted by Crippen LogP contribution is -2.24. The Labute approximate surface area is 146 Å². The van der Waals surface area contributed by atoms with Gasteiger partial charge in [0.05, 0.1) is 14.2 Å². The number of carbonyl (C=O) groups is 2. The zero-order chi connectivity index (χ0) is 18.4. The van der Waals surface area contributed by atoms with Crippen LogP contribution in [0.2, 0.25) is 0 Å². The molecule has 0 saturated heterocycles. The first-order valence-corrected chi connectivity index (χ1v) is 7.70. The summed E-state index contributed by atoms with van der Waals surface area (Å²) in [7, 11) is 4.60. The average Bonchev–Trinajstić information content (AvgIpc) is 3.00. The molecule has 1 amide bonds. The highest BCUT2D eigenvalue weighted by atomic mass is 16.5. The van der Waals surface area contributed by atoms with Gasteiger partial charge in [-0.25, -0.2) is 4.79 Å². The van der Waals surface area contributed by atoms with Gasteiger partial charge < -0.3 is 18.8 Å². The summed E-state index contributed by atoms with van der Waals surface area (Å²) in [4.78, 5) is 25.4. The number of esters is 1. The number of hydrogen-bond acceptors (Lipinski definition) is 5. The second kappa shape index (κ2) is 8.19. The number of furan rings is 1. The van der Waals surface area contributed by atoms with Crippen LogP contribution in [0.3, 0.4) is 0 Å². The van der Waals surface area contributed by atoms with Gasteiger partial charge in [-0.15, -0.1) is 0 Å². The molecule has 0 aliphatic rings. The molecule has 2 rings (SSSR count). The zero-order valence-electron chi connectivity index (χ0n) is 14.7. The number of ether oxygens (including phenoxy) is 2. The van der Waals surface area contributed by atoms with Crippen LogP contribution < -0.4 is 4.74 Å². The molecule has 1 aromatic heterocycles. The van der Waals surface area contributed by atoms with Crippen LogP contribution in [-0.2, 0) is 16.1 Å². The third kappa shape index (κ3) is 4.50. The normalized spacial score (nSPS) is 10.7. The predicted octanol–water partition coefficient (Wildman–Crippen LogP) is 3.06. The summed E-state index contributed by atoms with van der Waals surface area (Å²) in [5.41, 5.74) is 1.26. The van der Waals surface area contributed by atoms with Crippen molar-refractivity contribution in [3.8, 4) is 5.75 Å². The van der Waals surface area contributed by atoms with Gasteiger partial charge >= 0.3 is 5.97 Å². The molecule has 0 atom stereocenters. The standard InChI is InChI=1S/C19H21NO5/c1-13-16(19(22)24-4)11-15(25-13)9-10-18(21)20(2)12-14-7-5-6-8-17(14)23-3/h5-11H,12H2,1-4H3. The topological polar surface area (TPSA) is 69.0 Å². The summed E-state index contributed by atoms with van der Waals surface area (Å²) >= 11 is 0. The van der Waals surface area contributed by atoms with E-state index in [2.05, 4.69) is 4.74 Å². The van der Waals surface area contributed by atoms with Gasteiger partial charge in [0.25, 0.3) is 0 Å². The second-order valence-corrected chi connectivity index (χ2v) is 5.45. The lowest BCUT2D eigenvalue weighted by atomic mass is 10.2. The van der Waals surface area contributed by atoms with Crippen LogP contribution in [0.1, 0.15) is 27.4 Å². The number of likely N-dealkylation sites (N-methyl/N-ethyl adjacent to an activating group) is 1. The molecule has 0 fully saturated rings. The Balaban J connectivity index is 2.06. The summed E-state index contributed by atoms with van der Waals surface area (Å²) in [6.07, 6.45) is 2.93. The van der Waals surface area contributed by atoms with Gasteiger partial charge in [-0.3, -0.25) is 4.79 Å². The van der Waals surface area contributed by atoms with Crippen molar-refractivity contribution < 1.29 is 23.5 Å². The summed E-state index contributed by atoms with van der Waals surface area (Å²) in [6.45, 7) is 2.08. The highest BCUT2D eigenvalue weighted by molar-refractivity contribution is 5.93. The molecule has 0 unspecified atom stereocenters. The van der Waals surface area contributed by atoms with E-state index >= 15 is 0 Å². The molecule has 0 radical (unpaired) electrons. The molecule has 2 aromatic rings. The molecular weight excluding hydrogens is 322 g/mol. The van der Waals surface area contributed by atoms with Crippen LogP contribution in [-0.4, -0.2) is 38.0 Å². The van der Waals surface area contributed by atoms with E-state index < -0.39 is 5.97 Å². The molecule has 0 bridgehead atoms. The van der Waals surface area contributed by atoms with Gasteiger partial charge in [-0.1, -0.05) is 18.2 Å². The number of hydrogen-bond donors (Lipinski definition) is 0. The Morgan fingerprint density at radius 2 is 1.96 bits per heavy atom. The number of amides is 1. The summed E-state index contributed by atoms with van der Waals surface area (Å²) in [6, 6.07) is 9.08. The Hall–Kier alpha value is -3.02. The van der Waals surface area contributed by atoms with E-state index in [1.54, 1.807) is 32.0 Å². The van der Waals surface area contributed by atoms with Crippen LogP contribution in [0.15, 0.2) is 40.8 Å². The third-order valence-corrected chi connectivity index (χ3v) is 3.71. The van der Waals surface area contributed by atoms with E-state index in [-0.39, 0.29) is 5.91 Å². The van der Waals surface area contributed by atoms with E-state index in [0.29, 0.717) is 23.6 Å². The number of benzene rings is 1. The Morgan fingerprint density at radius 1 is 1.24 bits per heavy atom. The van der Waals surface area contributed by atoms with Crippen LogP contribution in [0.25, 0.3) is 6.08 Å². The van der Waals surface area contributed by atoms with Crippen molar-refractivity contribution in [1.29, 1.82) is 0 Å². The highest BCUT2D eigenvalue weighted by Gasteiger charge is 2.15. The molecule has 132 valence electrons. The molecule has 1 heterocycles. The first-order valence-electron chi connectivity index (χ1n) is 7.70. The largest absolute Gasteiger partial charge is 0.496 e. The molecule has 6 heteroatoms. The minimum Gasteiger partial charge on any atom is -0.496 e. The van der Waals surface area contributed by atoms with Crippen molar-refractivity contribution in [2.45, 2.75) is 13.5 Å². The van der Waals surface area contributed by atoms with Crippen molar-refractivity contribution in [2.24, 2.45) is 0 Å². The van der Waals surface area contributed by atoms with Crippen molar-refractivity contribution >= 4 is 18.0 Å². The maximum atomic E-state index is 12.3. The second-order valence-electron chi connectivity index (χ2n) is 5.45. The van der Waals surface area contributed by atoms with Crippen LogP contribution in [0, 0.1) is 6.92 Å². The SMILES string of the molecule is COC(=O)c1cc(C=CC(=O)N(C)Cc2ccccc2OC)oc1C. The fraction of sp³-hybridized carbons (Fsp3) is 0.263. The molecular formula is C19H21NO5. The van der Waals surface area contributed by atoms with Crippen molar-refractivity contribution in [3.05, 3.63) is 59.1 Å². The van der Waals surface area contributed by atoms with Gasteiger partial charge in [-0.2, -0.15) is 0 Å². The predicted molar refractivity (Wildman–Crippen MR) is 93.3 cm³/mol. The van der Waals surface area contributed by atoms with Crippen LogP contribution in [0.4, 0.5) is 0 Å². The van der Waals surface area contributed by atoms with Crippen molar-refractivity contribution in [3.63, 3.8) is 0 Å². The summed E-state index contributed by atoms with van der Waals surface area (Å²) < 4.78 is 15.4. The lowest BCUT2D eigenvalue weighted by molar-refractivity contribution is -0.125. The Kier molecular flexibility index (Phi) is 6.00. The molecule has 0 aliphatic carbocycles. The molecule has 6 nitrogen and oxygen atoms in total. The molecule has 0 saturated carbocycles. The summed E-state index contributed by atoms with van der Waals surface area (Å²) in [5, 5.41) is 0. The third-order valence-electron chi connectivity index (χ3n) is 3.71. The van der Waals surface area contributed by atoms with Crippen molar-refractivity contribution in [1.82, 2.24) is 4.90 Å². The van der Waals surface area contributed by atoms with E-state index in [4.69, 9.17) is 9.15 Å². The minimum absolute atomic E-state index is 0.195. The number of aryl methyl sites for hydroxylation is 1. The number of nitrogens with zero attached hydrogens (tertiary/aromatic N) is 1. The highest BCUT2D eigenvalue weighted by Crippen LogP contribution is 2.19. The van der Waals surface area contributed by atoms with E-state index in [1.807, 2.05) is 24.3 Å². The number of rotatable bonds is 6. The van der Waals surface area contributed by atoms with Gasteiger partial charge in [-0.05, 0) is 25.1 Å². The average molecular weight is 343 g/mol. The zero-order valence-corrected chi connectivity index (χ0v) is 14.7. The lowest BCUT2D eigenvalue weighted by Gasteiger charge is -2.17. The first-order chi connectivity index (χ1) is 12.0. The summed E-state index contributed by atoms with van der Waals surface area (Å²) in [5.74, 6) is 0.925. The molecule has 0 aliphatic heterocycles. The minimum atomic E-state index is -0.472. The van der Waals surface area contributed by atoms with E-state index in [1.165, 1.54) is 19.3 Å². The fourth-order valence-electron chi connectivity index (χ4n) is 2.35. The number of para-hydroxylation sites is 1. The van der Waals surface area contributed by atoms with Crippen LogP contribution in [0.5, 0.6) is 5.75 Å². The smallest absolute Gasteiger partial charge is 0.341 e. The van der Waals surface area contributed by atoms with Crippen LogP contribution >= 0.6 is 0 Å². The van der Waals surface area contributed by atoms with E-state index in [0.717, 1.165) is 11.3 Å².